The number of nitrogens with one attached hydrogen (secondary N) is 1. The zero-order valence-electron chi connectivity index (χ0n) is 18.2. The van der Waals surface area contributed by atoms with Gasteiger partial charge in [-0.3, -0.25) is 13.9 Å². The number of hydrogen-bond donors (Lipinski definition) is 1. The molecule has 0 radical (unpaired) electrons. The molecule has 10 heteroatoms. The molecule has 1 N–H and O–H groups in total. The number of carbonyl (C=O) groups is 2. The van der Waals surface area contributed by atoms with Crippen LogP contribution in [0.2, 0.25) is 10.0 Å². The molecule has 32 heavy (non-hydrogen) atoms. The summed E-state index contributed by atoms with van der Waals surface area (Å²) in [5, 5.41) is 2.90. The summed E-state index contributed by atoms with van der Waals surface area (Å²) in [4.78, 5) is 27.2. The van der Waals surface area contributed by atoms with E-state index in [0.29, 0.717) is 13.0 Å². The van der Waals surface area contributed by atoms with Gasteiger partial charge in [0.1, 0.15) is 12.6 Å². The fourth-order valence-corrected chi connectivity index (χ4v) is 4.47. The van der Waals surface area contributed by atoms with E-state index >= 15 is 0 Å². The number of carbonyl (C=O) groups excluding carboxylic acids is 2. The molecule has 7 nitrogen and oxygen atoms in total. The molecule has 0 bridgehead atoms. The Kier molecular flexibility index (Phi) is 9.36. The minimum Gasteiger partial charge on any atom is -0.355 e. The highest BCUT2D eigenvalue weighted by molar-refractivity contribution is 7.92. The molecule has 0 aliphatic heterocycles. The zero-order valence-corrected chi connectivity index (χ0v) is 20.5. The lowest BCUT2D eigenvalue weighted by Crippen LogP contribution is -2.52. The Hall–Kier alpha value is -2.29. The number of anilines is 1. The molecule has 174 valence electrons. The van der Waals surface area contributed by atoms with Gasteiger partial charge < -0.3 is 10.2 Å². The largest absolute Gasteiger partial charge is 0.355 e. The summed E-state index contributed by atoms with van der Waals surface area (Å²) in [6.45, 7) is 3.54. The van der Waals surface area contributed by atoms with Crippen molar-refractivity contribution in [1.82, 2.24) is 10.2 Å². The minimum atomic E-state index is -3.87. The first-order valence-electron chi connectivity index (χ1n) is 10.1. The number of sulfonamides is 1. The fraction of sp³-hybridized carbons (Fsp3) is 0.364. The van der Waals surface area contributed by atoms with Crippen LogP contribution in [0.5, 0.6) is 0 Å². The molecule has 0 aliphatic rings. The molecule has 1 atom stereocenters. The molecule has 2 rings (SSSR count). The Labute approximate surface area is 199 Å². The number of hydrogen-bond acceptors (Lipinski definition) is 4. The van der Waals surface area contributed by atoms with Crippen molar-refractivity contribution < 1.29 is 18.0 Å². The molecule has 0 fully saturated rings. The van der Waals surface area contributed by atoms with Gasteiger partial charge >= 0.3 is 0 Å². The standard InChI is InChI=1S/C22H27Cl2N3O4S/c1-4-25-22(29)16(2)26(14-13-17-9-6-5-7-10-17)20(28)15-27(32(3,30)31)19-12-8-11-18(23)21(19)24/h5-12,16H,4,13-15H2,1-3H3,(H,25,29)/t16-/m1/s1. The van der Waals surface area contributed by atoms with Crippen molar-refractivity contribution in [3.05, 3.63) is 64.1 Å². The average molecular weight is 500 g/mol. The fourth-order valence-electron chi connectivity index (χ4n) is 3.17. The van der Waals surface area contributed by atoms with Crippen LogP contribution in [0.3, 0.4) is 0 Å². The molecular formula is C22H27Cl2N3O4S. The monoisotopic (exact) mass is 499 g/mol. The van der Waals surface area contributed by atoms with Crippen LogP contribution in [0, 0.1) is 0 Å². The summed E-state index contributed by atoms with van der Waals surface area (Å²) < 4.78 is 25.9. The van der Waals surface area contributed by atoms with Crippen LogP contribution in [0.1, 0.15) is 19.4 Å². The summed E-state index contributed by atoms with van der Waals surface area (Å²) in [5.74, 6) is -0.846. The topological polar surface area (TPSA) is 86.8 Å². The van der Waals surface area contributed by atoms with Gasteiger partial charge in [-0.2, -0.15) is 0 Å². The van der Waals surface area contributed by atoms with E-state index in [1.807, 2.05) is 30.3 Å². The summed E-state index contributed by atoms with van der Waals surface area (Å²) in [6.07, 6.45) is 1.49. The van der Waals surface area contributed by atoms with Crippen LogP contribution in [0.15, 0.2) is 48.5 Å². The van der Waals surface area contributed by atoms with Gasteiger partial charge in [0.05, 0.1) is 22.0 Å². The zero-order chi connectivity index (χ0) is 23.9. The maximum absolute atomic E-state index is 13.3. The lowest BCUT2D eigenvalue weighted by atomic mass is 10.1. The van der Waals surface area contributed by atoms with Gasteiger partial charge in [-0.25, -0.2) is 8.42 Å². The molecule has 2 aromatic carbocycles. The first-order valence-corrected chi connectivity index (χ1v) is 12.7. The second-order valence-corrected chi connectivity index (χ2v) is 9.93. The quantitative estimate of drug-likeness (QED) is 0.542. The Morgan fingerprint density at radius 3 is 2.31 bits per heavy atom. The van der Waals surface area contributed by atoms with Crippen LogP contribution in [0.4, 0.5) is 5.69 Å². The van der Waals surface area contributed by atoms with Gasteiger partial charge in [0, 0.05) is 13.1 Å². The van der Waals surface area contributed by atoms with Crippen molar-refractivity contribution in [3.8, 4) is 0 Å². The maximum Gasteiger partial charge on any atom is 0.244 e. The Bertz CT molecular complexity index is 1050. The molecule has 2 aromatic rings. The van der Waals surface area contributed by atoms with Crippen LogP contribution in [-0.4, -0.2) is 57.1 Å². The second kappa shape index (κ2) is 11.5. The van der Waals surface area contributed by atoms with Crippen molar-refractivity contribution >= 4 is 50.7 Å². The summed E-state index contributed by atoms with van der Waals surface area (Å²) >= 11 is 12.3. The highest BCUT2D eigenvalue weighted by Crippen LogP contribution is 2.33. The summed E-state index contributed by atoms with van der Waals surface area (Å²) in [5.41, 5.74) is 1.09. The van der Waals surface area contributed by atoms with E-state index in [4.69, 9.17) is 23.2 Å². The first-order chi connectivity index (χ1) is 15.1. The van der Waals surface area contributed by atoms with E-state index in [9.17, 15) is 18.0 Å². The van der Waals surface area contributed by atoms with E-state index in [-0.39, 0.29) is 28.2 Å². The molecule has 0 aromatic heterocycles. The summed E-state index contributed by atoms with van der Waals surface area (Å²) in [7, 11) is -3.87. The predicted molar refractivity (Wildman–Crippen MR) is 129 cm³/mol. The number of benzene rings is 2. The van der Waals surface area contributed by atoms with E-state index < -0.39 is 28.5 Å². The van der Waals surface area contributed by atoms with E-state index in [2.05, 4.69) is 5.32 Å². The van der Waals surface area contributed by atoms with Crippen molar-refractivity contribution in [2.75, 3.05) is 30.2 Å². The Balaban J connectivity index is 2.34. The number of rotatable bonds is 10. The van der Waals surface area contributed by atoms with Gasteiger partial charge in [-0.15, -0.1) is 0 Å². The molecule has 0 aliphatic carbocycles. The van der Waals surface area contributed by atoms with E-state index in [0.717, 1.165) is 16.1 Å². The van der Waals surface area contributed by atoms with Gasteiger partial charge in [-0.1, -0.05) is 59.6 Å². The third kappa shape index (κ3) is 6.85. The lowest BCUT2D eigenvalue weighted by Gasteiger charge is -2.31. The lowest BCUT2D eigenvalue weighted by molar-refractivity contribution is -0.138. The van der Waals surface area contributed by atoms with E-state index in [1.54, 1.807) is 19.9 Å². The maximum atomic E-state index is 13.3. The van der Waals surface area contributed by atoms with Crippen molar-refractivity contribution in [2.45, 2.75) is 26.3 Å². The van der Waals surface area contributed by atoms with Crippen LogP contribution in [-0.2, 0) is 26.0 Å². The van der Waals surface area contributed by atoms with Gasteiger partial charge in [0.25, 0.3) is 0 Å². The number of halogens is 2. The van der Waals surface area contributed by atoms with Crippen LogP contribution in [0.25, 0.3) is 0 Å². The molecule has 0 unspecified atom stereocenters. The molecule has 0 saturated carbocycles. The normalized spacial score (nSPS) is 12.2. The highest BCUT2D eigenvalue weighted by atomic mass is 35.5. The Morgan fingerprint density at radius 2 is 1.72 bits per heavy atom. The SMILES string of the molecule is CCNC(=O)[C@@H](C)N(CCc1ccccc1)C(=O)CN(c1cccc(Cl)c1Cl)S(C)(=O)=O. The molecule has 0 heterocycles. The molecule has 0 saturated heterocycles. The van der Waals surface area contributed by atoms with Crippen molar-refractivity contribution in [2.24, 2.45) is 0 Å². The van der Waals surface area contributed by atoms with Crippen LogP contribution < -0.4 is 9.62 Å². The first kappa shape index (κ1) is 26.0. The molecule has 2 amide bonds. The molecular weight excluding hydrogens is 473 g/mol. The van der Waals surface area contributed by atoms with Gasteiger partial charge in [-0.05, 0) is 38.0 Å². The van der Waals surface area contributed by atoms with Gasteiger partial charge in [0.15, 0.2) is 0 Å². The second-order valence-electron chi connectivity index (χ2n) is 7.24. The average Bonchev–Trinajstić information content (AvgIpc) is 2.74. The summed E-state index contributed by atoms with van der Waals surface area (Å²) in [6, 6.07) is 13.3. The Morgan fingerprint density at radius 1 is 1.06 bits per heavy atom. The minimum absolute atomic E-state index is 0.0278. The number of likely N-dealkylation sites (N-methyl/N-ethyl adjacent to an activating group) is 1. The smallest absolute Gasteiger partial charge is 0.244 e. The van der Waals surface area contributed by atoms with Crippen molar-refractivity contribution in [3.63, 3.8) is 0 Å². The third-order valence-corrected chi connectivity index (χ3v) is 6.82. The molecule has 0 spiro atoms. The van der Waals surface area contributed by atoms with E-state index in [1.165, 1.54) is 17.0 Å². The van der Waals surface area contributed by atoms with Crippen LogP contribution >= 0.6 is 23.2 Å². The third-order valence-electron chi connectivity index (χ3n) is 4.88. The van der Waals surface area contributed by atoms with Gasteiger partial charge in [0.2, 0.25) is 21.8 Å². The predicted octanol–water partition coefficient (Wildman–Crippen LogP) is 3.36. The number of nitrogens with zero attached hydrogens (tertiary/aromatic N) is 2. The highest BCUT2D eigenvalue weighted by Gasteiger charge is 2.30. The number of amides is 2. The van der Waals surface area contributed by atoms with Crippen molar-refractivity contribution in [1.29, 1.82) is 0 Å².